The normalized spacial score (nSPS) is 15.4. The zero-order chi connectivity index (χ0) is 19.8. The number of esters is 2. The molecule has 0 rings (SSSR count). The van der Waals surface area contributed by atoms with Gasteiger partial charge >= 0.3 is 11.9 Å². The third kappa shape index (κ3) is 7.16. The average Bonchev–Trinajstić information content (AvgIpc) is 2.49. The van der Waals surface area contributed by atoms with Gasteiger partial charge in [0.05, 0.1) is 5.41 Å². The molecule has 0 fully saturated rings. The Hall–Kier alpha value is -1.40. The fourth-order valence-corrected chi connectivity index (χ4v) is 2.40. The van der Waals surface area contributed by atoms with Crippen LogP contribution in [0.5, 0.6) is 0 Å². The average molecular weight is 357 g/mol. The van der Waals surface area contributed by atoms with E-state index < -0.39 is 17.5 Å². The number of hydrogen-bond donors (Lipinski definition) is 2. The molecule has 0 bridgehead atoms. The fourth-order valence-electron chi connectivity index (χ4n) is 2.40. The lowest BCUT2D eigenvalue weighted by molar-refractivity contribution is -0.166. The molecular weight excluding hydrogens is 322 g/mol. The third-order valence-electron chi connectivity index (χ3n) is 4.78. The maximum atomic E-state index is 12.5. The largest absolute Gasteiger partial charge is 0.464 e. The van der Waals surface area contributed by atoms with Gasteiger partial charge in [0, 0.05) is 18.7 Å². The summed E-state index contributed by atoms with van der Waals surface area (Å²) in [6.07, 6.45) is -0.825. The smallest absolute Gasteiger partial charge is 0.333 e. The van der Waals surface area contributed by atoms with Crippen molar-refractivity contribution >= 4 is 11.9 Å². The van der Waals surface area contributed by atoms with Gasteiger partial charge in [0.1, 0.15) is 19.3 Å². The highest BCUT2D eigenvalue weighted by Crippen LogP contribution is 2.45. The molecule has 25 heavy (non-hydrogen) atoms. The second-order valence-electron chi connectivity index (χ2n) is 7.98. The van der Waals surface area contributed by atoms with E-state index in [0.29, 0.717) is 12.1 Å². The molecule has 2 atom stereocenters. The van der Waals surface area contributed by atoms with E-state index in [2.05, 4.69) is 11.9 Å². The third-order valence-corrected chi connectivity index (χ3v) is 4.78. The van der Waals surface area contributed by atoms with Crippen LogP contribution >= 0.6 is 0 Å². The van der Waals surface area contributed by atoms with Crippen molar-refractivity contribution in [2.24, 2.45) is 16.7 Å². The van der Waals surface area contributed by atoms with E-state index in [1.807, 2.05) is 41.5 Å². The van der Waals surface area contributed by atoms with Gasteiger partial charge in [-0.1, -0.05) is 41.2 Å². The Kier molecular flexibility index (Phi) is 9.37. The first-order chi connectivity index (χ1) is 11.3. The maximum absolute atomic E-state index is 12.5. The molecule has 6 nitrogen and oxygen atoms in total. The summed E-state index contributed by atoms with van der Waals surface area (Å²) in [4.78, 5) is 23.7. The van der Waals surface area contributed by atoms with Crippen LogP contribution in [0.4, 0.5) is 0 Å². The Labute approximate surface area is 152 Å². The predicted molar refractivity (Wildman–Crippen MR) is 98.0 cm³/mol. The lowest BCUT2D eigenvalue weighted by Gasteiger charge is -2.42. The summed E-state index contributed by atoms with van der Waals surface area (Å²) in [7, 11) is 0. The zero-order valence-corrected chi connectivity index (χ0v) is 16.8. The molecule has 0 saturated carbocycles. The van der Waals surface area contributed by atoms with E-state index in [0.717, 1.165) is 0 Å². The molecule has 0 spiro atoms. The van der Waals surface area contributed by atoms with Crippen LogP contribution in [0.3, 0.4) is 0 Å². The van der Waals surface area contributed by atoms with Crippen molar-refractivity contribution in [3.63, 3.8) is 0 Å². The van der Waals surface area contributed by atoms with Gasteiger partial charge in [-0.2, -0.15) is 0 Å². The SMILES string of the molecule is C=C(C)C(=O)OCC(O)CNCCOC(=O)C(C)(C(C)C)C(C)(C)C. The number of nitrogens with one attached hydrogen (secondary N) is 1. The van der Waals surface area contributed by atoms with Crippen molar-refractivity contribution in [3.05, 3.63) is 12.2 Å². The minimum atomic E-state index is -0.825. The molecule has 0 aliphatic heterocycles. The van der Waals surface area contributed by atoms with Crippen molar-refractivity contribution in [1.29, 1.82) is 0 Å². The number of aliphatic hydroxyl groups excluding tert-OH is 1. The van der Waals surface area contributed by atoms with Crippen molar-refractivity contribution in [3.8, 4) is 0 Å². The molecule has 0 amide bonds. The Morgan fingerprint density at radius 2 is 1.72 bits per heavy atom. The number of aliphatic hydroxyl groups is 1. The maximum Gasteiger partial charge on any atom is 0.333 e. The quantitative estimate of drug-likeness (QED) is 0.355. The number of hydrogen-bond acceptors (Lipinski definition) is 6. The fraction of sp³-hybridized carbons (Fsp3) is 0.789. The van der Waals surface area contributed by atoms with Crippen LogP contribution in [0.15, 0.2) is 12.2 Å². The Morgan fingerprint density at radius 1 is 1.16 bits per heavy atom. The lowest BCUT2D eigenvalue weighted by atomic mass is 9.62. The van der Waals surface area contributed by atoms with E-state index >= 15 is 0 Å². The summed E-state index contributed by atoms with van der Waals surface area (Å²) in [5.41, 5.74) is -0.503. The summed E-state index contributed by atoms with van der Waals surface area (Å²) in [5.74, 6) is -0.589. The van der Waals surface area contributed by atoms with Gasteiger partial charge in [0.25, 0.3) is 0 Å². The summed E-state index contributed by atoms with van der Waals surface area (Å²) >= 11 is 0. The molecule has 0 heterocycles. The standard InChI is InChI=1S/C19H35NO5/c1-13(2)16(22)25-12-15(21)11-20-9-10-24-17(23)19(8,14(3)4)18(5,6)7/h14-15,20-21H,1,9-12H2,2-8H3. The van der Waals surface area contributed by atoms with Gasteiger partial charge < -0.3 is 19.9 Å². The van der Waals surface area contributed by atoms with Crippen LogP contribution in [0.25, 0.3) is 0 Å². The molecule has 6 heteroatoms. The van der Waals surface area contributed by atoms with Crippen LogP contribution in [0, 0.1) is 16.7 Å². The second-order valence-corrected chi connectivity index (χ2v) is 7.98. The molecule has 146 valence electrons. The highest BCUT2D eigenvalue weighted by atomic mass is 16.5. The highest BCUT2D eigenvalue weighted by molar-refractivity contribution is 5.86. The predicted octanol–water partition coefficient (Wildman–Crippen LogP) is 2.31. The lowest BCUT2D eigenvalue weighted by Crippen LogP contribution is -2.46. The molecule has 0 aromatic heterocycles. The van der Waals surface area contributed by atoms with E-state index in [1.54, 1.807) is 6.92 Å². The van der Waals surface area contributed by atoms with Crippen LogP contribution in [-0.4, -0.2) is 49.5 Å². The minimum absolute atomic E-state index is 0.103. The summed E-state index contributed by atoms with van der Waals surface area (Å²) in [6.45, 7) is 17.9. The van der Waals surface area contributed by atoms with Gasteiger partial charge in [0.2, 0.25) is 0 Å². The van der Waals surface area contributed by atoms with Gasteiger partial charge in [-0.15, -0.1) is 0 Å². The van der Waals surface area contributed by atoms with E-state index in [-0.39, 0.29) is 37.1 Å². The first-order valence-electron chi connectivity index (χ1n) is 8.72. The van der Waals surface area contributed by atoms with E-state index in [1.165, 1.54) is 0 Å². The van der Waals surface area contributed by atoms with Crippen molar-refractivity contribution in [2.75, 3.05) is 26.3 Å². The molecule has 0 aromatic rings. The number of ether oxygens (including phenoxy) is 2. The Morgan fingerprint density at radius 3 is 2.16 bits per heavy atom. The van der Waals surface area contributed by atoms with Crippen molar-refractivity contribution in [1.82, 2.24) is 5.32 Å². The molecule has 0 aliphatic carbocycles. The Balaban J connectivity index is 4.18. The molecule has 0 aromatic carbocycles. The highest BCUT2D eigenvalue weighted by Gasteiger charge is 2.47. The Bertz CT molecular complexity index is 467. The van der Waals surface area contributed by atoms with Crippen molar-refractivity contribution < 1.29 is 24.2 Å². The zero-order valence-electron chi connectivity index (χ0n) is 16.8. The summed E-state index contributed by atoms with van der Waals surface area (Å²) in [5, 5.41) is 12.7. The number of carbonyl (C=O) groups is 2. The molecule has 2 N–H and O–H groups in total. The van der Waals surface area contributed by atoms with Crippen LogP contribution in [0.1, 0.15) is 48.5 Å². The van der Waals surface area contributed by atoms with Gasteiger partial charge in [0.15, 0.2) is 0 Å². The van der Waals surface area contributed by atoms with Gasteiger partial charge in [-0.05, 0) is 25.2 Å². The van der Waals surface area contributed by atoms with Crippen LogP contribution < -0.4 is 5.32 Å². The van der Waals surface area contributed by atoms with Crippen molar-refractivity contribution in [2.45, 2.75) is 54.6 Å². The van der Waals surface area contributed by atoms with Gasteiger partial charge in [-0.25, -0.2) is 4.79 Å². The topological polar surface area (TPSA) is 84.9 Å². The molecular formula is C19H35NO5. The summed E-state index contributed by atoms with van der Waals surface area (Å²) < 4.78 is 10.3. The van der Waals surface area contributed by atoms with Crippen LogP contribution in [0.2, 0.25) is 0 Å². The molecule has 0 aliphatic rings. The molecule has 0 radical (unpaired) electrons. The molecule has 0 saturated heterocycles. The first kappa shape index (κ1) is 23.6. The van der Waals surface area contributed by atoms with E-state index in [4.69, 9.17) is 9.47 Å². The second kappa shape index (κ2) is 9.92. The monoisotopic (exact) mass is 357 g/mol. The number of rotatable bonds is 10. The van der Waals surface area contributed by atoms with Crippen LogP contribution in [-0.2, 0) is 19.1 Å². The van der Waals surface area contributed by atoms with E-state index in [9.17, 15) is 14.7 Å². The first-order valence-corrected chi connectivity index (χ1v) is 8.72. The molecule has 2 unspecified atom stereocenters. The summed E-state index contributed by atoms with van der Waals surface area (Å²) in [6, 6.07) is 0. The number of carbonyl (C=O) groups excluding carboxylic acids is 2. The van der Waals surface area contributed by atoms with Gasteiger partial charge in [-0.3, -0.25) is 4.79 Å². The minimum Gasteiger partial charge on any atom is -0.464 e.